The van der Waals surface area contributed by atoms with Crippen molar-refractivity contribution in [3.8, 4) is 0 Å². The zero-order valence-corrected chi connectivity index (χ0v) is 11.8. The number of hydrogen-bond acceptors (Lipinski definition) is 2. The van der Waals surface area contributed by atoms with Gasteiger partial charge in [-0.15, -0.1) is 0 Å². The number of aliphatic hydroxyl groups excluding tert-OH is 1. The van der Waals surface area contributed by atoms with Gasteiger partial charge in [0.2, 0.25) is 0 Å². The maximum Gasteiger partial charge on any atom is 0.0499 e. The summed E-state index contributed by atoms with van der Waals surface area (Å²) in [5, 5.41) is 9.74. The molecule has 0 saturated heterocycles. The highest BCUT2D eigenvalue weighted by atomic mass is 16.3. The highest BCUT2D eigenvalue weighted by Crippen LogP contribution is 2.43. The number of aliphatic hydroxyl groups is 1. The average Bonchev–Trinajstić information content (AvgIpc) is 3.17. The second kappa shape index (κ2) is 7.38. The zero-order chi connectivity index (χ0) is 12.7. The van der Waals surface area contributed by atoms with E-state index in [-0.39, 0.29) is 12.0 Å². The van der Waals surface area contributed by atoms with E-state index in [1.165, 1.54) is 38.5 Å². The Morgan fingerprint density at radius 3 is 2.47 bits per heavy atom. The summed E-state index contributed by atoms with van der Waals surface area (Å²) in [6.45, 7) is 5.46. The molecule has 0 aliphatic heterocycles. The number of rotatable bonds is 10. The van der Waals surface area contributed by atoms with Gasteiger partial charge in [-0.25, -0.2) is 0 Å². The predicted molar refractivity (Wildman–Crippen MR) is 73.8 cm³/mol. The maximum absolute atomic E-state index is 9.74. The van der Waals surface area contributed by atoms with Crippen molar-refractivity contribution in [1.29, 1.82) is 0 Å². The Bertz CT molecular complexity index is 197. The fourth-order valence-electron chi connectivity index (χ4n) is 2.93. The zero-order valence-electron chi connectivity index (χ0n) is 11.8. The minimum absolute atomic E-state index is 0.0234. The molecule has 0 radical (unpaired) electrons. The Kier molecular flexibility index (Phi) is 6.50. The molecule has 102 valence electrons. The van der Waals surface area contributed by atoms with Crippen molar-refractivity contribution in [2.45, 2.75) is 65.2 Å². The molecule has 0 amide bonds. The van der Waals surface area contributed by atoms with Crippen molar-refractivity contribution in [3.05, 3.63) is 0 Å². The van der Waals surface area contributed by atoms with E-state index in [2.05, 4.69) is 13.8 Å². The normalized spacial score (nSPS) is 21.2. The SMILES string of the molecule is CCCCC(CC)CC(CN)(CO)CC1CC1. The first kappa shape index (κ1) is 15.0. The summed E-state index contributed by atoms with van der Waals surface area (Å²) in [5.74, 6) is 1.61. The lowest BCUT2D eigenvalue weighted by Crippen LogP contribution is -2.37. The lowest BCUT2D eigenvalue weighted by molar-refractivity contribution is 0.0841. The van der Waals surface area contributed by atoms with E-state index >= 15 is 0 Å². The van der Waals surface area contributed by atoms with E-state index in [1.807, 2.05) is 0 Å². The van der Waals surface area contributed by atoms with Crippen molar-refractivity contribution in [3.63, 3.8) is 0 Å². The Morgan fingerprint density at radius 1 is 1.35 bits per heavy atom. The molecular formula is C15H31NO. The van der Waals surface area contributed by atoms with Crippen LogP contribution in [0.25, 0.3) is 0 Å². The summed E-state index contributed by atoms with van der Waals surface area (Å²) in [6.07, 6.45) is 10.1. The third-order valence-corrected chi connectivity index (χ3v) is 4.45. The molecular weight excluding hydrogens is 210 g/mol. The minimum Gasteiger partial charge on any atom is -0.396 e. The molecule has 1 aliphatic carbocycles. The van der Waals surface area contributed by atoms with E-state index in [9.17, 15) is 5.11 Å². The van der Waals surface area contributed by atoms with Crippen LogP contribution in [-0.2, 0) is 0 Å². The van der Waals surface area contributed by atoms with Crippen LogP contribution in [0.1, 0.15) is 65.2 Å². The highest BCUT2D eigenvalue weighted by Gasteiger charge is 2.36. The second-order valence-corrected chi connectivity index (χ2v) is 6.13. The summed E-state index contributed by atoms with van der Waals surface area (Å²) < 4.78 is 0. The van der Waals surface area contributed by atoms with Gasteiger partial charge < -0.3 is 10.8 Å². The van der Waals surface area contributed by atoms with Gasteiger partial charge in [0.15, 0.2) is 0 Å². The van der Waals surface area contributed by atoms with Gasteiger partial charge in [0, 0.05) is 18.6 Å². The molecule has 0 spiro atoms. The van der Waals surface area contributed by atoms with E-state index in [0.717, 1.165) is 24.7 Å². The molecule has 3 N–H and O–H groups in total. The molecule has 2 heteroatoms. The maximum atomic E-state index is 9.74. The summed E-state index contributed by atoms with van der Waals surface area (Å²) in [7, 11) is 0. The third kappa shape index (κ3) is 4.97. The van der Waals surface area contributed by atoms with Gasteiger partial charge in [-0.1, -0.05) is 52.4 Å². The van der Waals surface area contributed by atoms with E-state index in [1.54, 1.807) is 0 Å². The van der Waals surface area contributed by atoms with Crippen LogP contribution in [-0.4, -0.2) is 18.3 Å². The lowest BCUT2D eigenvalue weighted by Gasteiger charge is -2.34. The van der Waals surface area contributed by atoms with Gasteiger partial charge in [0.05, 0.1) is 0 Å². The van der Waals surface area contributed by atoms with Crippen LogP contribution in [0.4, 0.5) is 0 Å². The van der Waals surface area contributed by atoms with Gasteiger partial charge in [0.25, 0.3) is 0 Å². The molecule has 1 aliphatic rings. The molecule has 17 heavy (non-hydrogen) atoms. The van der Waals surface area contributed by atoms with Gasteiger partial charge in [-0.2, -0.15) is 0 Å². The lowest BCUT2D eigenvalue weighted by atomic mass is 9.74. The monoisotopic (exact) mass is 241 g/mol. The van der Waals surface area contributed by atoms with Crippen molar-refractivity contribution >= 4 is 0 Å². The standard InChI is InChI=1S/C15H31NO/c1-3-5-6-13(4-2)9-15(11-16,12-17)10-14-7-8-14/h13-14,17H,3-12,16H2,1-2H3. The second-order valence-electron chi connectivity index (χ2n) is 6.13. The molecule has 0 aromatic heterocycles. The molecule has 0 heterocycles. The molecule has 2 unspecified atom stereocenters. The number of unbranched alkanes of at least 4 members (excludes halogenated alkanes) is 1. The summed E-state index contributed by atoms with van der Waals surface area (Å²) in [6, 6.07) is 0. The first-order chi connectivity index (χ1) is 8.19. The fourth-order valence-corrected chi connectivity index (χ4v) is 2.93. The Labute approximate surface area is 107 Å². The number of hydrogen-bond donors (Lipinski definition) is 2. The molecule has 0 aromatic carbocycles. The van der Waals surface area contributed by atoms with Crippen molar-refractivity contribution in [1.82, 2.24) is 0 Å². The van der Waals surface area contributed by atoms with Crippen LogP contribution in [0, 0.1) is 17.3 Å². The van der Waals surface area contributed by atoms with Gasteiger partial charge in [0.1, 0.15) is 0 Å². The van der Waals surface area contributed by atoms with Gasteiger partial charge in [-0.05, 0) is 24.7 Å². The topological polar surface area (TPSA) is 46.2 Å². The molecule has 2 atom stereocenters. The summed E-state index contributed by atoms with van der Waals surface area (Å²) in [5.41, 5.74) is 5.99. The Morgan fingerprint density at radius 2 is 2.06 bits per heavy atom. The van der Waals surface area contributed by atoms with Crippen LogP contribution < -0.4 is 5.73 Å². The van der Waals surface area contributed by atoms with Crippen LogP contribution in [0.5, 0.6) is 0 Å². The molecule has 1 rings (SSSR count). The van der Waals surface area contributed by atoms with Crippen LogP contribution in [0.2, 0.25) is 0 Å². The van der Waals surface area contributed by atoms with Crippen LogP contribution in [0.15, 0.2) is 0 Å². The van der Waals surface area contributed by atoms with Crippen molar-refractivity contribution in [2.24, 2.45) is 23.0 Å². The molecule has 0 bridgehead atoms. The summed E-state index contributed by atoms with van der Waals surface area (Å²) >= 11 is 0. The largest absolute Gasteiger partial charge is 0.396 e. The van der Waals surface area contributed by atoms with Crippen LogP contribution in [0.3, 0.4) is 0 Å². The number of nitrogens with two attached hydrogens (primary N) is 1. The quantitative estimate of drug-likeness (QED) is 0.616. The van der Waals surface area contributed by atoms with Gasteiger partial charge in [-0.3, -0.25) is 0 Å². The smallest absolute Gasteiger partial charge is 0.0499 e. The molecule has 2 nitrogen and oxygen atoms in total. The predicted octanol–water partition coefficient (Wildman–Crippen LogP) is 3.33. The first-order valence-electron chi connectivity index (χ1n) is 7.50. The van der Waals surface area contributed by atoms with Crippen LogP contribution >= 0.6 is 0 Å². The minimum atomic E-state index is 0.0234. The molecule has 0 aromatic rings. The van der Waals surface area contributed by atoms with E-state index < -0.39 is 0 Å². The van der Waals surface area contributed by atoms with Crippen molar-refractivity contribution in [2.75, 3.05) is 13.2 Å². The fraction of sp³-hybridized carbons (Fsp3) is 1.00. The van der Waals surface area contributed by atoms with Gasteiger partial charge >= 0.3 is 0 Å². The Balaban J connectivity index is 2.49. The first-order valence-corrected chi connectivity index (χ1v) is 7.50. The van der Waals surface area contributed by atoms with E-state index in [0.29, 0.717) is 6.54 Å². The molecule has 1 saturated carbocycles. The van der Waals surface area contributed by atoms with E-state index in [4.69, 9.17) is 5.73 Å². The average molecular weight is 241 g/mol. The third-order valence-electron chi connectivity index (χ3n) is 4.45. The molecule has 1 fully saturated rings. The Hall–Kier alpha value is -0.0800. The highest BCUT2D eigenvalue weighted by molar-refractivity contribution is 4.89. The van der Waals surface area contributed by atoms with Crippen molar-refractivity contribution < 1.29 is 5.11 Å². The summed E-state index contributed by atoms with van der Waals surface area (Å²) in [4.78, 5) is 0.